The Morgan fingerprint density at radius 2 is 1.89 bits per heavy atom. The maximum atomic E-state index is 12.2. The van der Waals surface area contributed by atoms with Crippen LogP contribution in [0.25, 0.3) is 0 Å². The van der Waals surface area contributed by atoms with Gasteiger partial charge < -0.3 is 10.6 Å². The van der Waals surface area contributed by atoms with E-state index >= 15 is 0 Å². The van der Waals surface area contributed by atoms with Crippen LogP contribution in [0.4, 0.5) is 0 Å². The Labute approximate surface area is 105 Å². The lowest BCUT2D eigenvalue weighted by molar-refractivity contribution is -0.140. The molecule has 0 unspecified atom stereocenters. The number of hydrogen-bond acceptors (Lipinski definition) is 3. The highest BCUT2D eigenvalue weighted by molar-refractivity contribution is 7.89. The first-order chi connectivity index (χ1) is 8.03. The van der Waals surface area contributed by atoms with Crippen LogP contribution in [-0.4, -0.2) is 41.9 Å². The van der Waals surface area contributed by atoms with Crippen LogP contribution in [0.2, 0.25) is 0 Å². The largest absolute Gasteiger partial charge is 0.480 e. The molecule has 1 aliphatic rings. The summed E-state index contributed by atoms with van der Waals surface area (Å²) in [7, 11) is -3.68. The fourth-order valence-corrected chi connectivity index (χ4v) is 3.67. The van der Waals surface area contributed by atoms with Crippen molar-refractivity contribution in [3.8, 4) is 0 Å². The third kappa shape index (κ3) is 2.53. The summed E-state index contributed by atoms with van der Waals surface area (Å²) in [5.41, 5.74) is 0. The van der Waals surface area contributed by atoms with Gasteiger partial charge in [0.25, 0.3) is 0 Å². The number of aliphatic carboxylic acids is 1. The van der Waals surface area contributed by atoms with E-state index < -0.39 is 22.0 Å². The lowest BCUT2D eigenvalue weighted by Gasteiger charge is -2.20. The van der Waals surface area contributed by atoms with Crippen molar-refractivity contribution >= 4 is 16.0 Å². The molecule has 0 aromatic heterocycles. The molecule has 100 valence electrons. The first-order valence-corrected chi connectivity index (χ1v) is 6.77. The summed E-state index contributed by atoms with van der Waals surface area (Å²) in [5.74, 6) is -1.08. The molecule has 1 fully saturated rings. The van der Waals surface area contributed by atoms with Gasteiger partial charge in [0.15, 0.2) is 0 Å². The van der Waals surface area contributed by atoms with Gasteiger partial charge in [0, 0.05) is 6.54 Å². The smallest absolute Gasteiger partial charge is 0.322 e. The van der Waals surface area contributed by atoms with E-state index in [1.165, 1.54) is 12.1 Å². The third-order valence-electron chi connectivity index (χ3n) is 2.84. The van der Waals surface area contributed by atoms with Gasteiger partial charge in [0.1, 0.15) is 6.04 Å². The van der Waals surface area contributed by atoms with Crippen LogP contribution in [0.5, 0.6) is 0 Å². The molecular formula is C11H15NO5S. The summed E-state index contributed by atoms with van der Waals surface area (Å²) in [4.78, 5) is 11.1. The van der Waals surface area contributed by atoms with Crippen LogP contribution in [0, 0.1) is 0 Å². The fourth-order valence-electron chi connectivity index (χ4n) is 2.00. The van der Waals surface area contributed by atoms with Gasteiger partial charge in [0.2, 0.25) is 10.0 Å². The minimum atomic E-state index is -3.68. The molecule has 0 saturated carbocycles. The van der Waals surface area contributed by atoms with Crippen molar-refractivity contribution in [2.45, 2.75) is 23.8 Å². The van der Waals surface area contributed by atoms with Crippen LogP contribution >= 0.6 is 0 Å². The normalized spacial score (nSPS) is 20.3. The van der Waals surface area contributed by atoms with E-state index in [9.17, 15) is 13.2 Å². The lowest BCUT2D eigenvalue weighted by Crippen LogP contribution is -2.40. The highest BCUT2D eigenvalue weighted by Gasteiger charge is 2.39. The fraction of sp³-hybridized carbons (Fsp3) is 0.364. The van der Waals surface area contributed by atoms with Crippen molar-refractivity contribution in [1.82, 2.24) is 4.31 Å². The summed E-state index contributed by atoms with van der Waals surface area (Å²) in [6, 6.07) is 6.99. The minimum Gasteiger partial charge on any atom is -0.480 e. The van der Waals surface area contributed by atoms with Gasteiger partial charge in [-0.25, -0.2) is 8.42 Å². The van der Waals surface area contributed by atoms with Crippen LogP contribution < -0.4 is 0 Å². The average Bonchev–Trinajstić information content (AvgIpc) is 2.80. The number of carbonyl (C=O) groups is 1. The summed E-state index contributed by atoms with van der Waals surface area (Å²) >= 11 is 0. The Kier molecular flexibility index (Phi) is 4.44. The highest BCUT2D eigenvalue weighted by Crippen LogP contribution is 2.25. The molecule has 0 amide bonds. The molecule has 6 nitrogen and oxygen atoms in total. The zero-order chi connectivity index (χ0) is 12.5. The number of carboxylic acid groups (broad SMARTS) is 1. The van der Waals surface area contributed by atoms with E-state index in [2.05, 4.69) is 0 Å². The zero-order valence-corrected chi connectivity index (χ0v) is 10.4. The Morgan fingerprint density at radius 1 is 1.28 bits per heavy atom. The lowest BCUT2D eigenvalue weighted by atomic mass is 10.2. The summed E-state index contributed by atoms with van der Waals surface area (Å²) < 4.78 is 25.5. The topological polar surface area (TPSA) is 106 Å². The number of carboxylic acids is 1. The summed E-state index contributed by atoms with van der Waals surface area (Å²) in [6.07, 6.45) is 0.963. The van der Waals surface area contributed by atoms with Gasteiger partial charge in [-0.3, -0.25) is 4.79 Å². The van der Waals surface area contributed by atoms with Gasteiger partial charge in [-0.05, 0) is 25.0 Å². The predicted octanol–water partition coefficient (Wildman–Crippen LogP) is 0.0996. The van der Waals surface area contributed by atoms with E-state index in [0.29, 0.717) is 12.8 Å². The molecule has 1 saturated heterocycles. The highest BCUT2D eigenvalue weighted by atomic mass is 32.2. The molecule has 1 heterocycles. The van der Waals surface area contributed by atoms with E-state index in [1.807, 2.05) is 0 Å². The molecule has 3 N–H and O–H groups in total. The van der Waals surface area contributed by atoms with Gasteiger partial charge in [0.05, 0.1) is 4.90 Å². The van der Waals surface area contributed by atoms with Crippen molar-refractivity contribution in [3.63, 3.8) is 0 Å². The molecule has 0 aliphatic carbocycles. The molecule has 1 aliphatic heterocycles. The van der Waals surface area contributed by atoms with Gasteiger partial charge in [-0.1, -0.05) is 18.2 Å². The number of nitrogens with zero attached hydrogens (tertiary/aromatic N) is 1. The SMILES string of the molecule is O.O=C(O)[C@@H]1CCCN1S(=O)(=O)c1ccccc1. The minimum absolute atomic E-state index is 0. The van der Waals surface area contributed by atoms with Gasteiger partial charge in [-0.2, -0.15) is 4.31 Å². The summed E-state index contributed by atoms with van der Waals surface area (Å²) in [5, 5.41) is 8.99. The molecular weight excluding hydrogens is 258 g/mol. The Balaban J connectivity index is 0.00000162. The van der Waals surface area contributed by atoms with Crippen molar-refractivity contribution in [2.24, 2.45) is 0 Å². The molecule has 0 radical (unpaired) electrons. The van der Waals surface area contributed by atoms with Crippen LogP contribution in [-0.2, 0) is 14.8 Å². The second-order valence-corrected chi connectivity index (χ2v) is 5.82. The first kappa shape index (κ1) is 14.6. The third-order valence-corrected chi connectivity index (χ3v) is 4.76. The Bertz CT molecular complexity index is 513. The second kappa shape index (κ2) is 5.47. The maximum Gasteiger partial charge on any atom is 0.322 e. The average molecular weight is 273 g/mol. The number of rotatable bonds is 3. The first-order valence-electron chi connectivity index (χ1n) is 5.33. The van der Waals surface area contributed by atoms with Crippen LogP contribution in [0.1, 0.15) is 12.8 Å². The quantitative estimate of drug-likeness (QED) is 0.842. The molecule has 18 heavy (non-hydrogen) atoms. The molecule has 1 aromatic rings. The standard InChI is InChI=1S/C11H13NO4S.H2O/c13-11(14)10-7-4-8-12(10)17(15,16)9-5-2-1-3-6-9;/h1-3,5-6,10H,4,7-8H2,(H,13,14);1H2/t10-;/m0./s1. The maximum absolute atomic E-state index is 12.2. The Morgan fingerprint density at radius 3 is 2.44 bits per heavy atom. The molecule has 2 rings (SSSR count). The van der Waals surface area contributed by atoms with E-state index in [-0.39, 0.29) is 16.9 Å². The molecule has 7 heteroatoms. The summed E-state index contributed by atoms with van der Waals surface area (Å²) in [6.45, 7) is 0.272. The van der Waals surface area contributed by atoms with Crippen molar-refractivity contribution in [2.75, 3.05) is 6.54 Å². The number of sulfonamides is 1. The van der Waals surface area contributed by atoms with Crippen molar-refractivity contribution in [1.29, 1.82) is 0 Å². The van der Waals surface area contributed by atoms with Crippen molar-refractivity contribution < 1.29 is 23.8 Å². The predicted molar refractivity (Wildman–Crippen MR) is 64.6 cm³/mol. The van der Waals surface area contributed by atoms with Gasteiger partial charge in [-0.15, -0.1) is 0 Å². The van der Waals surface area contributed by atoms with E-state index in [1.54, 1.807) is 18.2 Å². The zero-order valence-electron chi connectivity index (χ0n) is 9.61. The van der Waals surface area contributed by atoms with E-state index in [4.69, 9.17) is 5.11 Å². The molecule has 1 aromatic carbocycles. The number of benzene rings is 1. The second-order valence-electron chi connectivity index (χ2n) is 3.93. The van der Waals surface area contributed by atoms with Crippen LogP contribution in [0.3, 0.4) is 0 Å². The Hall–Kier alpha value is -1.44. The van der Waals surface area contributed by atoms with Crippen molar-refractivity contribution in [3.05, 3.63) is 30.3 Å². The molecule has 0 spiro atoms. The monoisotopic (exact) mass is 273 g/mol. The van der Waals surface area contributed by atoms with E-state index in [0.717, 1.165) is 4.31 Å². The molecule has 0 bridgehead atoms. The van der Waals surface area contributed by atoms with Crippen LogP contribution in [0.15, 0.2) is 35.2 Å². The molecule has 1 atom stereocenters. The number of hydrogen-bond donors (Lipinski definition) is 1. The van der Waals surface area contributed by atoms with Gasteiger partial charge >= 0.3 is 5.97 Å².